The Hall–Kier alpha value is -3.94. The first-order valence-electron chi connectivity index (χ1n) is 12.1. The van der Waals surface area contributed by atoms with Crippen LogP contribution in [0, 0.1) is 12.8 Å². The average Bonchev–Trinajstić information content (AvgIpc) is 3.77. The summed E-state index contributed by atoms with van der Waals surface area (Å²) in [6.45, 7) is 1.56. The Morgan fingerprint density at radius 3 is 2.50 bits per heavy atom. The number of halogens is 6. The van der Waals surface area contributed by atoms with Gasteiger partial charge in [0.25, 0.3) is 11.8 Å². The Morgan fingerprint density at radius 2 is 1.88 bits per heavy atom. The van der Waals surface area contributed by atoms with Crippen LogP contribution in [-0.4, -0.2) is 38.4 Å². The van der Waals surface area contributed by atoms with Crippen molar-refractivity contribution in [3.8, 4) is 17.3 Å². The zero-order valence-corrected chi connectivity index (χ0v) is 21.3. The maximum Gasteiger partial charge on any atom is 0.586 e. The van der Waals surface area contributed by atoms with E-state index in [1.54, 1.807) is 19.1 Å². The number of nitrogens with one attached hydrogen (secondary N) is 2. The minimum Gasteiger partial charge on any atom is -0.395 e. The van der Waals surface area contributed by atoms with Gasteiger partial charge >= 0.3 is 12.5 Å². The van der Waals surface area contributed by atoms with E-state index in [2.05, 4.69) is 30.2 Å². The largest absolute Gasteiger partial charge is 0.586 e. The van der Waals surface area contributed by atoms with Crippen LogP contribution < -0.4 is 20.1 Å². The Kier molecular flexibility index (Phi) is 5.77. The first kappa shape index (κ1) is 26.3. The minimum absolute atomic E-state index is 0.0577. The van der Waals surface area contributed by atoms with Gasteiger partial charge in [0.15, 0.2) is 23.0 Å². The maximum atomic E-state index is 14.0. The normalized spacial score (nSPS) is 18.4. The number of aromatic nitrogens is 3. The third kappa shape index (κ3) is 4.59. The molecule has 2 aliphatic carbocycles. The van der Waals surface area contributed by atoms with Crippen molar-refractivity contribution in [3.63, 3.8) is 0 Å². The van der Waals surface area contributed by atoms with Gasteiger partial charge in [0.05, 0.1) is 10.7 Å². The number of carbonyl (C=O) groups is 2. The molecule has 2 fully saturated rings. The highest BCUT2D eigenvalue weighted by Gasteiger charge is 2.56. The van der Waals surface area contributed by atoms with Crippen LogP contribution >= 0.6 is 11.6 Å². The highest BCUT2D eigenvalue weighted by Crippen LogP contribution is 2.55. The van der Waals surface area contributed by atoms with Gasteiger partial charge in [-0.05, 0) is 50.2 Å². The molecule has 15 heteroatoms. The predicted molar refractivity (Wildman–Crippen MR) is 129 cm³/mol. The van der Waals surface area contributed by atoms with Gasteiger partial charge in [-0.1, -0.05) is 17.7 Å². The Labute approximate surface area is 227 Å². The Morgan fingerprint density at radius 1 is 1.15 bits per heavy atom. The van der Waals surface area contributed by atoms with Gasteiger partial charge < -0.3 is 20.1 Å². The van der Waals surface area contributed by atoms with E-state index in [1.165, 1.54) is 6.20 Å². The highest BCUT2D eigenvalue weighted by molar-refractivity contribution is 6.35. The number of fused-ring (bicyclic) bond motifs is 1. The number of anilines is 1. The summed E-state index contributed by atoms with van der Waals surface area (Å²) in [5.41, 5.74) is -3.07. The quantitative estimate of drug-likeness (QED) is 0.372. The standard InChI is InChI=1S/C25H19ClF5N5O4/c1-11-3-2-8-32-20(11)36-14(10-16(35-36)24(27,28)29)21(37)33-18-13(26)9-15-19(40-25(30,31)39-15)17(18)22(38)34-23(6-7-23)12-4-5-12/h2-3,8-10,12H,4-7H2,1H3,(H,33,37)(H,34,38). The molecule has 0 atom stereocenters. The van der Waals surface area contributed by atoms with Gasteiger partial charge in [-0.15, -0.1) is 8.78 Å². The summed E-state index contributed by atoms with van der Waals surface area (Å²) in [6.07, 6.45) is -4.55. The Bertz CT molecular complexity index is 1570. The molecule has 3 heterocycles. The zero-order valence-electron chi connectivity index (χ0n) is 20.5. The molecule has 2 N–H and O–H groups in total. The van der Waals surface area contributed by atoms with Crippen LogP contribution in [0.5, 0.6) is 11.5 Å². The number of rotatable bonds is 6. The van der Waals surface area contributed by atoms with E-state index in [0.717, 1.165) is 18.9 Å². The van der Waals surface area contributed by atoms with Gasteiger partial charge in [-0.25, -0.2) is 9.67 Å². The summed E-state index contributed by atoms with van der Waals surface area (Å²) in [7, 11) is 0. The molecule has 0 unspecified atom stereocenters. The van der Waals surface area contributed by atoms with Crippen LogP contribution in [0.3, 0.4) is 0 Å². The summed E-state index contributed by atoms with van der Waals surface area (Å²) in [4.78, 5) is 31.0. The maximum absolute atomic E-state index is 14.0. The first-order chi connectivity index (χ1) is 18.8. The summed E-state index contributed by atoms with van der Waals surface area (Å²) in [5, 5.41) is 8.30. The molecule has 1 aromatic carbocycles. The minimum atomic E-state index is -4.91. The molecule has 0 spiro atoms. The van der Waals surface area contributed by atoms with Crippen LogP contribution in [0.25, 0.3) is 5.82 Å². The monoisotopic (exact) mass is 583 g/mol. The fraction of sp³-hybridized carbons (Fsp3) is 0.360. The van der Waals surface area contributed by atoms with Crippen molar-refractivity contribution in [2.75, 3.05) is 5.32 Å². The molecule has 0 bridgehead atoms. The van der Waals surface area contributed by atoms with E-state index < -0.39 is 64.0 Å². The number of ether oxygens (including phenoxy) is 2. The number of amides is 2. The van der Waals surface area contributed by atoms with Crippen LogP contribution in [0.2, 0.25) is 5.02 Å². The number of carbonyl (C=O) groups excluding carboxylic acids is 2. The van der Waals surface area contributed by atoms with Crippen molar-refractivity contribution in [3.05, 3.63) is 58.0 Å². The smallest absolute Gasteiger partial charge is 0.395 e. The van der Waals surface area contributed by atoms with Crippen LogP contribution in [0.1, 0.15) is 57.8 Å². The van der Waals surface area contributed by atoms with Gasteiger partial charge in [-0.3, -0.25) is 9.59 Å². The van der Waals surface area contributed by atoms with E-state index in [-0.39, 0.29) is 16.8 Å². The van der Waals surface area contributed by atoms with Crippen molar-refractivity contribution < 1.29 is 41.0 Å². The van der Waals surface area contributed by atoms with Crippen molar-refractivity contribution in [2.45, 2.75) is 50.6 Å². The summed E-state index contributed by atoms with van der Waals surface area (Å²) < 4.78 is 78.5. The number of hydrogen-bond acceptors (Lipinski definition) is 6. The average molecular weight is 584 g/mol. The van der Waals surface area contributed by atoms with E-state index in [9.17, 15) is 31.5 Å². The lowest BCUT2D eigenvalue weighted by atomic mass is 10.1. The van der Waals surface area contributed by atoms with Crippen molar-refractivity contribution >= 4 is 29.1 Å². The molecular weight excluding hydrogens is 565 g/mol. The number of aryl methyl sites for hydroxylation is 1. The highest BCUT2D eigenvalue weighted by atomic mass is 35.5. The van der Waals surface area contributed by atoms with E-state index >= 15 is 0 Å². The number of alkyl halides is 5. The fourth-order valence-electron chi connectivity index (χ4n) is 4.81. The second kappa shape index (κ2) is 8.78. The molecule has 2 saturated carbocycles. The number of nitrogens with zero attached hydrogens (tertiary/aromatic N) is 3. The molecule has 40 heavy (non-hydrogen) atoms. The molecule has 2 amide bonds. The summed E-state index contributed by atoms with van der Waals surface area (Å²) in [5.74, 6) is -3.06. The Balaban J connectivity index is 1.43. The molecule has 0 saturated heterocycles. The lowest BCUT2D eigenvalue weighted by Gasteiger charge is -2.20. The molecule has 2 aromatic heterocycles. The molecule has 3 aromatic rings. The van der Waals surface area contributed by atoms with Crippen molar-refractivity contribution in [1.29, 1.82) is 0 Å². The number of pyridine rings is 1. The van der Waals surface area contributed by atoms with Gasteiger partial charge in [0.1, 0.15) is 11.3 Å². The number of benzene rings is 1. The fourth-order valence-corrected chi connectivity index (χ4v) is 5.05. The van der Waals surface area contributed by atoms with Gasteiger partial charge in [0.2, 0.25) is 0 Å². The zero-order chi connectivity index (χ0) is 28.6. The summed E-state index contributed by atoms with van der Waals surface area (Å²) in [6, 6.07) is 4.53. The molecule has 0 radical (unpaired) electrons. The second-order valence-corrected chi connectivity index (χ2v) is 10.3. The molecular formula is C25H19ClF5N5O4. The molecule has 3 aliphatic rings. The van der Waals surface area contributed by atoms with Gasteiger partial charge in [0, 0.05) is 23.9 Å². The topological polar surface area (TPSA) is 107 Å². The lowest BCUT2D eigenvalue weighted by molar-refractivity contribution is -0.286. The van der Waals surface area contributed by atoms with Crippen LogP contribution in [0.15, 0.2) is 30.5 Å². The summed E-state index contributed by atoms with van der Waals surface area (Å²) >= 11 is 6.31. The molecule has 6 rings (SSSR count). The van der Waals surface area contributed by atoms with E-state index in [4.69, 9.17) is 11.6 Å². The number of hydrogen-bond donors (Lipinski definition) is 2. The second-order valence-electron chi connectivity index (χ2n) is 9.91. The molecule has 1 aliphatic heterocycles. The SMILES string of the molecule is Cc1cccnc1-n1nc(C(F)(F)F)cc1C(=O)Nc1c(Cl)cc2c(c1C(=O)NC1(C3CC3)CC1)OC(F)(F)O2. The third-order valence-electron chi connectivity index (χ3n) is 7.04. The van der Waals surface area contributed by atoms with Crippen molar-refractivity contribution in [2.24, 2.45) is 5.92 Å². The van der Waals surface area contributed by atoms with Crippen LogP contribution in [-0.2, 0) is 6.18 Å². The van der Waals surface area contributed by atoms with Crippen LogP contribution in [0.4, 0.5) is 27.6 Å². The lowest BCUT2D eigenvalue weighted by Crippen LogP contribution is -2.39. The predicted octanol–water partition coefficient (Wildman–Crippen LogP) is 5.49. The third-order valence-corrected chi connectivity index (χ3v) is 7.34. The van der Waals surface area contributed by atoms with E-state index in [1.807, 2.05) is 0 Å². The molecule has 9 nitrogen and oxygen atoms in total. The van der Waals surface area contributed by atoms with Gasteiger partial charge in [-0.2, -0.15) is 18.3 Å². The van der Waals surface area contributed by atoms with Crippen molar-refractivity contribution in [1.82, 2.24) is 20.1 Å². The van der Waals surface area contributed by atoms with E-state index in [0.29, 0.717) is 29.2 Å². The molecule has 210 valence electrons. The first-order valence-corrected chi connectivity index (χ1v) is 12.5.